The fourth-order valence-corrected chi connectivity index (χ4v) is 13.5. The van der Waals surface area contributed by atoms with Crippen LogP contribution in [0.2, 0.25) is 0 Å². The third-order valence-corrected chi connectivity index (χ3v) is 20.2. The highest BCUT2D eigenvalue weighted by Crippen LogP contribution is 2.33. The molecule has 3 rings (SSSR count). The first kappa shape index (κ1) is 98.1. The van der Waals surface area contributed by atoms with Crippen molar-refractivity contribution in [1.29, 1.82) is 0 Å². The van der Waals surface area contributed by atoms with Crippen LogP contribution in [0.15, 0.2) is 134 Å². The second kappa shape index (κ2) is 67.4. The first-order chi connectivity index (χ1) is 52.8. The molecule has 0 aliphatic carbocycles. The number of amides is 1. The van der Waals surface area contributed by atoms with Gasteiger partial charge in [0.1, 0.15) is 73.2 Å². The number of unbranched alkanes of at least 4 members (excludes halogenated alkanes) is 30. The average Bonchev–Trinajstić information content (AvgIpc) is 0.779. The van der Waals surface area contributed by atoms with Gasteiger partial charge in [0.25, 0.3) is 0 Å². The van der Waals surface area contributed by atoms with Crippen LogP contribution in [0.25, 0.3) is 0 Å². The molecule has 3 saturated heterocycles. The summed E-state index contributed by atoms with van der Waals surface area (Å²) in [5, 5.41) is 121. The molecule has 1 amide bonds. The zero-order valence-electron chi connectivity index (χ0n) is 66.5. The molecule has 0 saturated carbocycles. The number of nitrogens with one attached hydrogen (secondary N) is 1. The van der Waals surface area contributed by atoms with Crippen LogP contribution in [-0.2, 0) is 33.2 Å². The maximum absolute atomic E-state index is 13.5. The van der Waals surface area contributed by atoms with Gasteiger partial charge in [-0.15, -0.1) is 0 Å². The van der Waals surface area contributed by atoms with Crippen molar-refractivity contribution in [1.82, 2.24) is 5.32 Å². The summed E-state index contributed by atoms with van der Waals surface area (Å²) in [6.07, 6.45) is 70.1. The van der Waals surface area contributed by atoms with Gasteiger partial charge in [-0.2, -0.15) is 0 Å². The third-order valence-electron chi connectivity index (χ3n) is 20.2. The van der Waals surface area contributed by atoms with Crippen LogP contribution in [0, 0.1) is 0 Å². The molecule has 3 aliphatic heterocycles. The first-order valence-corrected chi connectivity index (χ1v) is 42.4. The Morgan fingerprint density at radius 2 is 0.639 bits per heavy atom. The van der Waals surface area contributed by atoms with Crippen LogP contribution in [0.3, 0.4) is 0 Å². The van der Waals surface area contributed by atoms with Gasteiger partial charge < -0.3 is 89.9 Å². The molecule has 0 spiro atoms. The van der Waals surface area contributed by atoms with E-state index in [9.17, 15) is 61.0 Å². The van der Waals surface area contributed by atoms with E-state index in [2.05, 4.69) is 141 Å². The van der Waals surface area contributed by atoms with Gasteiger partial charge in [-0.05, 0) is 96.3 Å². The van der Waals surface area contributed by atoms with E-state index in [1.54, 1.807) is 6.08 Å². The zero-order valence-corrected chi connectivity index (χ0v) is 66.5. The maximum Gasteiger partial charge on any atom is 0.220 e. The molecule has 12 N–H and O–H groups in total. The highest BCUT2D eigenvalue weighted by atomic mass is 16.8. The molecule has 3 fully saturated rings. The maximum atomic E-state index is 13.5. The fraction of sp³-hybridized carbons (Fsp3) is 0.742. The van der Waals surface area contributed by atoms with Crippen LogP contribution in [0.5, 0.6) is 0 Å². The van der Waals surface area contributed by atoms with Gasteiger partial charge in [0.2, 0.25) is 5.91 Å². The molecule has 0 aromatic heterocycles. The zero-order chi connectivity index (χ0) is 78.1. The monoisotopic (exact) mass is 1520 g/mol. The number of aliphatic hydroxyl groups is 11. The number of hydrogen-bond acceptors (Lipinski definition) is 18. The van der Waals surface area contributed by atoms with Crippen molar-refractivity contribution in [3.8, 4) is 0 Å². The Morgan fingerprint density at radius 1 is 0.343 bits per heavy atom. The van der Waals surface area contributed by atoms with Crippen molar-refractivity contribution >= 4 is 5.91 Å². The van der Waals surface area contributed by atoms with Gasteiger partial charge in [0.05, 0.1) is 38.6 Å². The van der Waals surface area contributed by atoms with Crippen molar-refractivity contribution < 1.29 is 89.4 Å². The summed E-state index contributed by atoms with van der Waals surface area (Å²) in [5.41, 5.74) is 0. The van der Waals surface area contributed by atoms with E-state index in [0.29, 0.717) is 6.42 Å². The van der Waals surface area contributed by atoms with Crippen molar-refractivity contribution in [3.63, 3.8) is 0 Å². The third kappa shape index (κ3) is 46.2. The number of aliphatic hydroxyl groups excluding tert-OH is 11. The van der Waals surface area contributed by atoms with E-state index in [0.717, 1.165) is 103 Å². The summed E-state index contributed by atoms with van der Waals surface area (Å²) < 4.78 is 34.4. The second-order valence-electron chi connectivity index (χ2n) is 29.6. The molecule has 0 bridgehead atoms. The van der Waals surface area contributed by atoms with Gasteiger partial charge in [0, 0.05) is 6.42 Å². The first-order valence-electron chi connectivity index (χ1n) is 42.4. The molecule has 620 valence electrons. The summed E-state index contributed by atoms with van der Waals surface area (Å²) in [6, 6.07) is -1.01. The Labute approximate surface area is 651 Å². The van der Waals surface area contributed by atoms with E-state index in [1.807, 2.05) is 6.08 Å². The Balaban J connectivity index is 1.39. The Hall–Kier alpha value is -4.07. The van der Waals surface area contributed by atoms with Gasteiger partial charge in [-0.3, -0.25) is 4.79 Å². The molecule has 108 heavy (non-hydrogen) atoms. The fourth-order valence-electron chi connectivity index (χ4n) is 13.5. The average molecular weight is 1520 g/mol. The smallest absolute Gasteiger partial charge is 0.220 e. The van der Waals surface area contributed by atoms with Crippen LogP contribution in [0.4, 0.5) is 0 Å². The minimum absolute atomic E-state index is 0.179. The Kier molecular flexibility index (Phi) is 61.3. The van der Waals surface area contributed by atoms with E-state index in [-0.39, 0.29) is 18.9 Å². The normalized spacial score (nSPS) is 26.1. The minimum atomic E-state index is -1.99. The molecule has 0 aromatic carbocycles. The predicted octanol–water partition coefficient (Wildman–Crippen LogP) is 15.2. The largest absolute Gasteiger partial charge is 0.394 e. The number of hydrogen-bond donors (Lipinski definition) is 12. The molecule has 3 heterocycles. The summed E-state index contributed by atoms with van der Waals surface area (Å²) in [6.45, 7) is 1.61. The molecule has 17 atom stereocenters. The molecule has 0 radical (unpaired) electrons. The van der Waals surface area contributed by atoms with Gasteiger partial charge in [-0.25, -0.2) is 0 Å². The topological polar surface area (TPSA) is 307 Å². The summed E-state index contributed by atoms with van der Waals surface area (Å²) in [5.74, 6) is -0.320. The van der Waals surface area contributed by atoms with Crippen molar-refractivity contribution in [3.05, 3.63) is 134 Å². The standard InChI is InChI=1S/C89H151NO18/c1-3-5-7-9-11-13-15-17-19-21-23-25-27-29-31-33-35-36-37-39-41-43-45-47-49-51-53-55-57-59-61-63-65-67-77(95)90-72(73(94)66-64-62-60-58-56-54-52-50-48-46-44-42-40-38-34-32-30-28-26-24-22-20-18-16-14-12-10-8-6-4-2)71-103-87-83(101)80(98)85(75(69-92)105-87)108-89-84(102)81(99)86(76(70-93)106-89)107-88-82(100)79(97)78(96)74(68-91)104-88/h5,7,11,13,17,19,23,25,29,31,35-36,39,41,45,47,51,53,57,59,64,66,72-76,78-89,91-94,96-102H,3-4,6,8-10,12,14-16,18,20-22,24,26-28,30,32-34,37-38,40,42-44,46,48-50,52,54-56,58,60-63,65,67-71H2,1-2H3,(H,90,95)/b7-5-,13-11-,19-17-,25-23-,31-29-,36-35-,41-39-,47-45-,53-51-,59-57-,66-64+. The molecule has 3 aliphatic rings. The molecule has 0 aromatic rings. The molecule has 17 unspecified atom stereocenters. The van der Waals surface area contributed by atoms with Gasteiger partial charge >= 0.3 is 0 Å². The molecule has 19 nitrogen and oxygen atoms in total. The summed E-state index contributed by atoms with van der Waals surface area (Å²) in [4.78, 5) is 13.5. The lowest BCUT2D eigenvalue weighted by molar-refractivity contribution is -0.379. The lowest BCUT2D eigenvalue weighted by Gasteiger charge is -2.48. The minimum Gasteiger partial charge on any atom is -0.394 e. The van der Waals surface area contributed by atoms with E-state index in [4.69, 9.17) is 28.4 Å². The van der Waals surface area contributed by atoms with Crippen molar-refractivity contribution in [2.24, 2.45) is 0 Å². The van der Waals surface area contributed by atoms with E-state index < -0.39 is 124 Å². The van der Waals surface area contributed by atoms with Crippen LogP contribution >= 0.6 is 0 Å². The Morgan fingerprint density at radius 3 is 1.00 bits per heavy atom. The van der Waals surface area contributed by atoms with Gasteiger partial charge in [-0.1, -0.05) is 321 Å². The predicted molar refractivity (Wildman–Crippen MR) is 433 cm³/mol. The summed E-state index contributed by atoms with van der Waals surface area (Å²) in [7, 11) is 0. The molecule has 19 heteroatoms. The SMILES string of the molecule is CC/C=C\C/C=C\C/C=C\C/C=C\C/C=C\C/C=C\C/C=C\C/C=C\C/C=C\C/C=C\CCCCC(=O)NC(COC1OC(CO)C(OC2OC(CO)C(OC3OC(CO)C(O)C(O)C3O)C(O)C2O)C(O)C1O)C(O)/C=C/CCCCCCCCCCCCCCCCCCCCCCCCCCCCCC. The van der Waals surface area contributed by atoms with Crippen LogP contribution in [-0.4, -0.2) is 193 Å². The van der Waals surface area contributed by atoms with Gasteiger partial charge in [0.15, 0.2) is 18.9 Å². The highest BCUT2D eigenvalue weighted by Gasteiger charge is 2.54. The van der Waals surface area contributed by atoms with E-state index >= 15 is 0 Å². The quantitative estimate of drug-likeness (QED) is 0.0199. The number of rotatable bonds is 66. The lowest BCUT2D eigenvalue weighted by Crippen LogP contribution is -2.66. The Bertz CT molecular complexity index is 2470. The molecular weight excluding hydrogens is 1370 g/mol. The number of ether oxygens (including phenoxy) is 6. The van der Waals surface area contributed by atoms with Crippen LogP contribution in [0.1, 0.15) is 290 Å². The van der Waals surface area contributed by atoms with Crippen LogP contribution < -0.4 is 5.32 Å². The number of allylic oxidation sites excluding steroid dienone is 21. The lowest BCUT2D eigenvalue weighted by atomic mass is 9.96. The highest BCUT2D eigenvalue weighted by molar-refractivity contribution is 5.76. The number of carbonyl (C=O) groups excluding carboxylic acids is 1. The number of carbonyl (C=O) groups is 1. The molecular formula is C89H151NO18. The van der Waals surface area contributed by atoms with E-state index in [1.165, 1.54) is 161 Å². The summed E-state index contributed by atoms with van der Waals surface area (Å²) >= 11 is 0. The van der Waals surface area contributed by atoms with Crippen molar-refractivity contribution in [2.45, 2.75) is 394 Å². The van der Waals surface area contributed by atoms with Crippen molar-refractivity contribution in [2.75, 3.05) is 26.4 Å². The second-order valence-corrected chi connectivity index (χ2v) is 29.6.